The molecule has 3 nitrogen and oxygen atoms in total. The van der Waals surface area contributed by atoms with Gasteiger partial charge in [-0.3, -0.25) is 4.79 Å². The van der Waals surface area contributed by atoms with Crippen LogP contribution in [0.25, 0.3) is 0 Å². The van der Waals surface area contributed by atoms with E-state index >= 15 is 0 Å². The van der Waals surface area contributed by atoms with Crippen molar-refractivity contribution >= 4 is 11.6 Å². The maximum atomic E-state index is 13.1. The summed E-state index contributed by atoms with van der Waals surface area (Å²) in [6.07, 6.45) is -8.35. The van der Waals surface area contributed by atoms with Crippen molar-refractivity contribution in [2.75, 3.05) is 31.1 Å². The number of hydrogen-bond acceptors (Lipinski definition) is 2. The van der Waals surface area contributed by atoms with E-state index in [1.54, 1.807) is 17.9 Å². The Morgan fingerprint density at radius 3 is 2.12 bits per heavy atom. The molecule has 2 aromatic rings. The first kappa shape index (κ1) is 22.5. The summed E-state index contributed by atoms with van der Waals surface area (Å²) in [5, 5.41) is 0. The van der Waals surface area contributed by atoms with E-state index in [0.29, 0.717) is 43.9 Å². The molecule has 1 aliphatic heterocycles. The minimum atomic E-state index is -4.43. The zero-order valence-corrected chi connectivity index (χ0v) is 17.3. The predicted molar refractivity (Wildman–Crippen MR) is 107 cm³/mol. The van der Waals surface area contributed by atoms with E-state index in [2.05, 4.69) is 0 Å². The SMILES string of the molecule is Cc1ccc(C(F)(F)F)cc1N1CCN(C(=O)[C@H]2CC2c2cccc(C(F)(F)F)c2)CC1. The maximum absolute atomic E-state index is 13.1. The Labute approximate surface area is 181 Å². The van der Waals surface area contributed by atoms with Gasteiger partial charge in [-0.25, -0.2) is 0 Å². The first-order chi connectivity index (χ1) is 14.9. The molecule has 2 atom stereocenters. The molecule has 0 aromatic heterocycles. The maximum Gasteiger partial charge on any atom is 0.416 e. The summed E-state index contributed by atoms with van der Waals surface area (Å²) in [6.45, 7) is 3.27. The lowest BCUT2D eigenvalue weighted by molar-refractivity contribution is -0.138. The van der Waals surface area contributed by atoms with E-state index in [-0.39, 0.29) is 17.7 Å². The molecular weight excluding hydrogens is 434 g/mol. The Morgan fingerprint density at radius 1 is 0.875 bits per heavy atom. The second kappa shape index (κ2) is 8.01. The third-order valence-corrected chi connectivity index (χ3v) is 6.22. The van der Waals surface area contributed by atoms with Crippen molar-refractivity contribution in [3.63, 3.8) is 0 Å². The van der Waals surface area contributed by atoms with Gasteiger partial charge in [-0.05, 0) is 48.6 Å². The highest BCUT2D eigenvalue weighted by Gasteiger charge is 2.46. The Hall–Kier alpha value is -2.71. The second-order valence-corrected chi connectivity index (χ2v) is 8.38. The zero-order chi connectivity index (χ0) is 23.3. The van der Waals surface area contributed by atoms with E-state index in [1.165, 1.54) is 12.1 Å². The molecule has 0 radical (unpaired) electrons. The highest BCUT2D eigenvalue weighted by Crippen LogP contribution is 2.49. The van der Waals surface area contributed by atoms with E-state index < -0.39 is 23.5 Å². The average molecular weight is 456 g/mol. The second-order valence-electron chi connectivity index (χ2n) is 8.38. The van der Waals surface area contributed by atoms with E-state index in [0.717, 1.165) is 29.8 Å². The molecule has 172 valence electrons. The Morgan fingerprint density at radius 2 is 1.50 bits per heavy atom. The number of aryl methyl sites for hydroxylation is 1. The number of benzene rings is 2. The van der Waals surface area contributed by atoms with Crippen LogP contribution in [0.1, 0.15) is 34.6 Å². The smallest absolute Gasteiger partial charge is 0.368 e. The number of carbonyl (C=O) groups excluding carboxylic acids is 1. The molecule has 1 saturated carbocycles. The number of amides is 1. The lowest BCUT2D eigenvalue weighted by Gasteiger charge is -2.37. The van der Waals surface area contributed by atoms with E-state index in [1.807, 2.05) is 4.90 Å². The minimum Gasteiger partial charge on any atom is -0.368 e. The molecule has 1 amide bonds. The van der Waals surface area contributed by atoms with Crippen LogP contribution in [-0.2, 0) is 17.1 Å². The Bertz CT molecular complexity index is 1010. The molecule has 1 saturated heterocycles. The number of halogens is 6. The third kappa shape index (κ3) is 4.56. The molecule has 2 aliphatic rings. The van der Waals surface area contributed by atoms with Crippen molar-refractivity contribution in [1.29, 1.82) is 0 Å². The molecule has 0 spiro atoms. The standard InChI is InChI=1S/C23H22F6N2O/c1-14-5-6-17(23(27,28)29)12-20(14)30-7-9-31(10-8-30)21(32)19-13-18(19)15-3-2-4-16(11-15)22(24,25)26/h2-6,11-12,18-19H,7-10,13H2,1H3/t18?,19-/m0/s1. The fraction of sp³-hybridized carbons (Fsp3) is 0.435. The van der Waals surface area contributed by atoms with Crippen molar-refractivity contribution in [3.05, 3.63) is 64.7 Å². The predicted octanol–water partition coefficient (Wildman–Crippen LogP) is 5.48. The normalized spacial score (nSPS) is 21.6. The van der Waals surface area contributed by atoms with Crippen LogP contribution in [0.2, 0.25) is 0 Å². The van der Waals surface area contributed by atoms with Crippen LogP contribution in [-0.4, -0.2) is 37.0 Å². The lowest BCUT2D eigenvalue weighted by Crippen LogP contribution is -2.49. The molecule has 1 unspecified atom stereocenters. The summed E-state index contributed by atoms with van der Waals surface area (Å²) in [5.74, 6) is -0.679. The van der Waals surface area contributed by atoms with Crippen LogP contribution in [0.4, 0.5) is 32.0 Å². The van der Waals surface area contributed by atoms with E-state index in [4.69, 9.17) is 0 Å². The summed E-state index contributed by atoms with van der Waals surface area (Å²) in [6, 6.07) is 8.72. The topological polar surface area (TPSA) is 23.6 Å². The van der Waals surface area contributed by atoms with Gasteiger partial charge < -0.3 is 9.80 Å². The summed E-state index contributed by atoms with van der Waals surface area (Å²) in [4.78, 5) is 16.4. The van der Waals surface area contributed by atoms with Crippen LogP contribution in [0.3, 0.4) is 0 Å². The van der Waals surface area contributed by atoms with Crippen molar-refractivity contribution in [2.45, 2.75) is 31.6 Å². The lowest BCUT2D eigenvalue weighted by atomic mass is 10.0. The van der Waals surface area contributed by atoms with Crippen LogP contribution in [0.15, 0.2) is 42.5 Å². The molecule has 2 aromatic carbocycles. The largest absolute Gasteiger partial charge is 0.416 e. The first-order valence-corrected chi connectivity index (χ1v) is 10.3. The monoisotopic (exact) mass is 456 g/mol. The molecule has 0 N–H and O–H groups in total. The van der Waals surface area contributed by atoms with Gasteiger partial charge >= 0.3 is 12.4 Å². The number of nitrogens with zero attached hydrogens (tertiary/aromatic N) is 2. The van der Waals surface area contributed by atoms with Gasteiger partial charge in [0.25, 0.3) is 0 Å². The number of piperazine rings is 1. The fourth-order valence-corrected chi connectivity index (χ4v) is 4.31. The van der Waals surface area contributed by atoms with Crippen molar-refractivity contribution < 1.29 is 31.1 Å². The fourth-order valence-electron chi connectivity index (χ4n) is 4.31. The Kier molecular flexibility index (Phi) is 5.63. The summed E-state index contributed by atoms with van der Waals surface area (Å²) in [5.41, 5.74) is 0.304. The molecule has 1 aliphatic carbocycles. The van der Waals surface area contributed by atoms with Crippen molar-refractivity contribution in [3.8, 4) is 0 Å². The van der Waals surface area contributed by atoms with Gasteiger partial charge in [0.2, 0.25) is 5.91 Å². The van der Waals surface area contributed by atoms with Gasteiger partial charge in [0, 0.05) is 37.8 Å². The molecular formula is C23H22F6N2O. The van der Waals surface area contributed by atoms with Gasteiger partial charge in [0.1, 0.15) is 0 Å². The molecule has 9 heteroatoms. The van der Waals surface area contributed by atoms with Gasteiger partial charge in [0.15, 0.2) is 0 Å². The van der Waals surface area contributed by atoms with Gasteiger partial charge in [0.05, 0.1) is 11.1 Å². The molecule has 2 fully saturated rings. The minimum absolute atomic E-state index is 0.104. The Balaban J connectivity index is 1.38. The van der Waals surface area contributed by atoms with Crippen LogP contribution in [0, 0.1) is 12.8 Å². The summed E-state index contributed by atoms with van der Waals surface area (Å²) >= 11 is 0. The highest BCUT2D eigenvalue weighted by molar-refractivity contribution is 5.83. The number of anilines is 1. The number of rotatable bonds is 3. The van der Waals surface area contributed by atoms with Crippen LogP contribution in [0.5, 0.6) is 0 Å². The number of alkyl halides is 6. The van der Waals surface area contributed by atoms with Crippen LogP contribution < -0.4 is 4.90 Å². The molecule has 0 bridgehead atoms. The van der Waals surface area contributed by atoms with Crippen molar-refractivity contribution in [2.24, 2.45) is 5.92 Å². The molecule has 4 rings (SSSR count). The van der Waals surface area contributed by atoms with Gasteiger partial charge in [-0.15, -0.1) is 0 Å². The average Bonchev–Trinajstić information content (AvgIpc) is 3.53. The first-order valence-electron chi connectivity index (χ1n) is 10.3. The van der Waals surface area contributed by atoms with Gasteiger partial charge in [-0.1, -0.05) is 24.3 Å². The van der Waals surface area contributed by atoms with Gasteiger partial charge in [-0.2, -0.15) is 26.3 Å². The van der Waals surface area contributed by atoms with Crippen molar-refractivity contribution in [1.82, 2.24) is 4.90 Å². The highest BCUT2D eigenvalue weighted by atomic mass is 19.4. The number of hydrogen-bond donors (Lipinski definition) is 0. The molecule has 1 heterocycles. The molecule has 32 heavy (non-hydrogen) atoms. The summed E-state index contributed by atoms with van der Waals surface area (Å²) in [7, 11) is 0. The van der Waals surface area contributed by atoms with Crippen LogP contribution >= 0.6 is 0 Å². The summed E-state index contributed by atoms with van der Waals surface area (Å²) < 4.78 is 78.0. The zero-order valence-electron chi connectivity index (χ0n) is 17.3. The third-order valence-electron chi connectivity index (χ3n) is 6.22. The number of carbonyl (C=O) groups is 1. The quantitative estimate of drug-likeness (QED) is 0.571. The van der Waals surface area contributed by atoms with E-state index in [9.17, 15) is 31.1 Å².